The molecule has 2 amide bonds. The molecule has 1 rings (SSSR count). The van der Waals surface area contributed by atoms with E-state index in [1.165, 1.54) is 0 Å². The zero-order valence-electron chi connectivity index (χ0n) is 13.1. The predicted octanol–water partition coefficient (Wildman–Crippen LogP) is 0.725. The third kappa shape index (κ3) is 6.09. The van der Waals surface area contributed by atoms with Gasteiger partial charge in [-0.2, -0.15) is 8.42 Å². The normalized spacial score (nSPS) is 12.4. The van der Waals surface area contributed by atoms with Crippen molar-refractivity contribution < 1.29 is 32.5 Å². The maximum Gasteiger partial charge on any atom is 0.328 e. The quantitative estimate of drug-likeness (QED) is 0.656. The first kappa shape index (κ1) is 19.8. The minimum absolute atomic E-state index is 0.115. The van der Waals surface area contributed by atoms with Crippen LogP contribution >= 0.6 is 0 Å². The van der Waals surface area contributed by atoms with Crippen molar-refractivity contribution in [3.63, 3.8) is 0 Å². The van der Waals surface area contributed by atoms with E-state index in [1.807, 2.05) is 0 Å². The zero-order valence-corrected chi connectivity index (χ0v) is 13.9. The number of imide groups is 1. The summed E-state index contributed by atoms with van der Waals surface area (Å²) in [5.41, 5.74) is 0.549. The Bertz CT molecular complexity index is 700. The Balaban J connectivity index is 3.15. The topological polar surface area (TPSA) is 129 Å². The summed E-state index contributed by atoms with van der Waals surface area (Å²) in [7, 11) is -4.70. The van der Waals surface area contributed by atoms with Gasteiger partial charge in [-0.1, -0.05) is 37.3 Å². The van der Waals surface area contributed by atoms with Crippen LogP contribution in [0.3, 0.4) is 0 Å². The number of benzene rings is 1. The highest BCUT2D eigenvalue weighted by atomic mass is 32.2. The van der Waals surface area contributed by atoms with Crippen LogP contribution in [0.4, 0.5) is 0 Å². The van der Waals surface area contributed by atoms with Crippen molar-refractivity contribution in [3.8, 4) is 0 Å². The molecule has 0 aliphatic carbocycles. The number of rotatable bonds is 8. The highest BCUT2D eigenvalue weighted by Gasteiger charge is 2.37. The van der Waals surface area contributed by atoms with Crippen LogP contribution in [0.25, 0.3) is 0 Å². The fourth-order valence-corrected chi connectivity index (χ4v) is 2.82. The van der Waals surface area contributed by atoms with Gasteiger partial charge in [0.1, 0.15) is 5.75 Å². The monoisotopic (exact) mass is 357 g/mol. The molecule has 0 bridgehead atoms. The van der Waals surface area contributed by atoms with E-state index in [2.05, 4.69) is 0 Å². The van der Waals surface area contributed by atoms with E-state index in [0.29, 0.717) is 16.9 Å². The first-order valence-corrected chi connectivity index (χ1v) is 8.83. The van der Waals surface area contributed by atoms with E-state index >= 15 is 0 Å². The third-order valence-corrected chi connectivity index (χ3v) is 3.90. The molecule has 9 heteroatoms. The average Bonchev–Trinajstić information content (AvgIpc) is 2.46. The highest BCUT2D eigenvalue weighted by molar-refractivity contribution is 7.85. The van der Waals surface area contributed by atoms with Crippen LogP contribution in [0, 0.1) is 0 Å². The van der Waals surface area contributed by atoms with E-state index in [-0.39, 0.29) is 12.8 Å². The second kappa shape index (κ2) is 8.55. The summed E-state index contributed by atoms with van der Waals surface area (Å²) >= 11 is 0. The van der Waals surface area contributed by atoms with Crippen LogP contribution in [0.5, 0.6) is 0 Å². The molecule has 1 atom stereocenters. The molecule has 132 valence electrons. The standard InChI is InChI=1S/C15H19NO7S/c1-2-6-13(17)16(12(15(19)20)10-24(21,22)23)14(18)9-11-7-4-3-5-8-11/h3-5,7-8,12H,2,6,9-10H2,1H3,(H,19,20)(H,21,22,23)/t12-/m0/s1. The lowest BCUT2D eigenvalue weighted by molar-refractivity contribution is -0.157. The molecule has 24 heavy (non-hydrogen) atoms. The fourth-order valence-electron chi connectivity index (χ4n) is 2.13. The summed E-state index contributed by atoms with van der Waals surface area (Å²) < 4.78 is 31.0. The van der Waals surface area contributed by atoms with Gasteiger partial charge in [-0.15, -0.1) is 0 Å². The van der Waals surface area contributed by atoms with Crippen molar-refractivity contribution in [2.24, 2.45) is 0 Å². The summed E-state index contributed by atoms with van der Waals surface area (Å²) in [6.45, 7) is 1.66. The molecule has 0 heterocycles. The number of aliphatic carboxylic acids is 1. The Morgan fingerprint density at radius 1 is 1.12 bits per heavy atom. The highest BCUT2D eigenvalue weighted by Crippen LogP contribution is 2.12. The summed E-state index contributed by atoms with van der Waals surface area (Å²) in [6.07, 6.45) is -0.0203. The van der Waals surface area contributed by atoms with E-state index < -0.39 is 39.7 Å². The Hall–Kier alpha value is -2.26. The summed E-state index contributed by atoms with van der Waals surface area (Å²) in [5, 5.41) is 9.22. The number of carboxylic acid groups (broad SMARTS) is 1. The number of carbonyl (C=O) groups is 3. The van der Waals surface area contributed by atoms with Crippen molar-refractivity contribution in [3.05, 3.63) is 35.9 Å². The van der Waals surface area contributed by atoms with E-state index in [9.17, 15) is 27.9 Å². The number of amides is 2. The lowest BCUT2D eigenvalue weighted by Crippen LogP contribution is -2.52. The van der Waals surface area contributed by atoms with Crippen molar-refractivity contribution in [1.82, 2.24) is 4.90 Å². The van der Waals surface area contributed by atoms with Gasteiger partial charge >= 0.3 is 5.97 Å². The maximum atomic E-state index is 12.4. The molecular formula is C15H19NO7S. The van der Waals surface area contributed by atoms with Crippen LogP contribution in [-0.4, -0.2) is 52.6 Å². The van der Waals surface area contributed by atoms with Gasteiger partial charge in [0.2, 0.25) is 11.8 Å². The minimum atomic E-state index is -4.70. The number of carbonyl (C=O) groups excluding carboxylic acids is 2. The molecule has 0 spiro atoms. The number of hydrogen-bond acceptors (Lipinski definition) is 5. The van der Waals surface area contributed by atoms with Gasteiger partial charge in [0.25, 0.3) is 10.1 Å². The number of hydrogen-bond donors (Lipinski definition) is 2. The predicted molar refractivity (Wildman–Crippen MR) is 84.7 cm³/mol. The summed E-state index contributed by atoms with van der Waals surface area (Å²) in [5.74, 6) is -4.57. The van der Waals surface area contributed by atoms with Crippen LogP contribution in [0.1, 0.15) is 25.3 Å². The molecule has 0 aliphatic heterocycles. The number of nitrogens with zero attached hydrogens (tertiary/aromatic N) is 1. The summed E-state index contributed by atoms with van der Waals surface area (Å²) in [4.78, 5) is 36.4. The van der Waals surface area contributed by atoms with Crippen LogP contribution in [0.2, 0.25) is 0 Å². The Kier molecular flexibility index (Phi) is 7.05. The second-order valence-electron chi connectivity index (χ2n) is 5.17. The SMILES string of the molecule is CCCC(=O)N(C(=O)Cc1ccccc1)[C@@H](CS(=O)(=O)O)C(=O)O. The van der Waals surface area contributed by atoms with Crippen LogP contribution in [-0.2, 0) is 30.9 Å². The lowest BCUT2D eigenvalue weighted by Gasteiger charge is -2.26. The Morgan fingerprint density at radius 2 is 1.71 bits per heavy atom. The maximum absolute atomic E-state index is 12.4. The molecule has 1 aromatic rings. The Morgan fingerprint density at radius 3 is 2.17 bits per heavy atom. The molecule has 0 aromatic heterocycles. The van der Waals surface area contributed by atoms with E-state index in [0.717, 1.165) is 0 Å². The molecule has 0 radical (unpaired) electrons. The molecule has 0 unspecified atom stereocenters. The number of carboxylic acids is 1. The van der Waals surface area contributed by atoms with Crippen molar-refractivity contribution in [2.45, 2.75) is 32.2 Å². The first-order chi connectivity index (χ1) is 11.2. The van der Waals surface area contributed by atoms with Crippen molar-refractivity contribution in [2.75, 3.05) is 5.75 Å². The average molecular weight is 357 g/mol. The van der Waals surface area contributed by atoms with Gasteiger partial charge < -0.3 is 5.11 Å². The molecule has 2 N–H and O–H groups in total. The van der Waals surface area contributed by atoms with Gasteiger partial charge in [0.05, 0.1) is 6.42 Å². The summed E-state index contributed by atoms with van der Waals surface area (Å²) in [6, 6.07) is 6.35. The lowest BCUT2D eigenvalue weighted by atomic mass is 10.1. The van der Waals surface area contributed by atoms with Crippen LogP contribution < -0.4 is 0 Å². The van der Waals surface area contributed by atoms with Gasteiger partial charge in [0, 0.05) is 6.42 Å². The van der Waals surface area contributed by atoms with Gasteiger partial charge in [-0.3, -0.25) is 19.0 Å². The molecule has 0 fully saturated rings. The van der Waals surface area contributed by atoms with Crippen molar-refractivity contribution in [1.29, 1.82) is 0 Å². The third-order valence-electron chi connectivity index (χ3n) is 3.16. The second-order valence-corrected chi connectivity index (χ2v) is 6.67. The van der Waals surface area contributed by atoms with Gasteiger partial charge in [-0.25, -0.2) is 4.79 Å². The fraction of sp³-hybridized carbons (Fsp3) is 0.400. The first-order valence-electron chi connectivity index (χ1n) is 7.22. The van der Waals surface area contributed by atoms with Gasteiger partial charge in [0.15, 0.2) is 6.04 Å². The van der Waals surface area contributed by atoms with E-state index in [1.54, 1.807) is 37.3 Å². The molecular weight excluding hydrogens is 338 g/mol. The van der Waals surface area contributed by atoms with Crippen molar-refractivity contribution >= 4 is 27.9 Å². The van der Waals surface area contributed by atoms with E-state index in [4.69, 9.17) is 4.55 Å². The molecule has 0 saturated carbocycles. The molecule has 0 aliphatic rings. The molecule has 1 aromatic carbocycles. The Labute approximate surface area is 139 Å². The smallest absolute Gasteiger partial charge is 0.328 e. The molecule has 8 nitrogen and oxygen atoms in total. The van der Waals surface area contributed by atoms with Gasteiger partial charge in [-0.05, 0) is 12.0 Å². The van der Waals surface area contributed by atoms with Crippen LogP contribution in [0.15, 0.2) is 30.3 Å². The zero-order chi connectivity index (χ0) is 18.3. The molecule has 0 saturated heterocycles. The largest absolute Gasteiger partial charge is 0.480 e. The minimum Gasteiger partial charge on any atom is -0.480 e.